The molecule has 0 aliphatic carbocycles. The lowest BCUT2D eigenvalue weighted by atomic mass is 10.1. The van der Waals surface area contributed by atoms with E-state index in [9.17, 15) is 0 Å². The van der Waals surface area contributed by atoms with Crippen LogP contribution >= 0.6 is 38.5 Å². The summed E-state index contributed by atoms with van der Waals surface area (Å²) in [6, 6.07) is 0. The van der Waals surface area contributed by atoms with Gasteiger partial charge < -0.3 is 5.11 Å². The number of rotatable bonds is 10. The number of aliphatic hydroxyl groups excluding tert-OH is 1. The van der Waals surface area contributed by atoms with E-state index in [1.807, 2.05) is 0 Å². The third kappa shape index (κ3) is 13.2. The van der Waals surface area contributed by atoms with Crippen LogP contribution in [0.15, 0.2) is 0 Å². The van der Waals surface area contributed by atoms with Gasteiger partial charge >= 0.3 is 0 Å². The number of hydrogen-bond acceptors (Lipinski definition) is 1. The first kappa shape index (κ1) is 15.2. The summed E-state index contributed by atoms with van der Waals surface area (Å²) in [5, 5.41) is 10.2. The molecule has 0 aromatic heterocycles. The number of aliphatic hydroxyl groups is 1. The minimum Gasteiger partial charge on any atom is -0.383 e. The molecule has 1 N–H and O–H groups in total. The third-order valence-corrected chi connectivity index (χ3v) is 3.51. The Hall–Kier alpha value is 1.17. The Morgan fingerprint density at radius 1 is 0.857 bits per heavy atom. The van der Waals surface area contributed by atoms with Gasteiger partial charge in [0.15, 0.2) is 0 Å². The molecule has 0 bridgehead atoms. The SMILES string of the molecule is OC(I)CCCCCCCCCCBr. The number of alkyl halides is 2. The molecule has 1 nitrogen and oxygen atoms in total. The van der Waals surface area contributed by atoms with Crippen LogP contribution in [-0.2, 0) is 0 Å². The molecule has 0 fully saturated rings. The topological polar surface area (TPSA) is 20.2 Å². The molecule has 86 valence electrons. The second-order valence-corrected chi connectivity index (χ2v) is 5.97. The minimum atomic E-state index is -0.133. The van der Waals surface area contributed by atoms with Crippen molar-refractivity contribution in [2.75, 3.05) is 5.33 Å². The fourth-order valence-corrected chi connectivity index (χ4v) is 2.30. The summed E-state index contributed by atoms with van der Waals surface area (Å²) >= 11 is 5.52. The summed E-state index contributed by atoms with van der Waals surface area (Å²) in [4.78, 5) is 0. The van der Waals surface area contributed by atoms with Crippen LogP contribution in [0, 0.1) is 0 Å². The molecule has 0 heterocycles. The molecule has 14 heavy (non-hydrogen) atoms. The smallest absolute Gasteiger partial charge is 0.105 e. The maximum absolute atomic E-state index is 9.03. The van der Waals surface area contributed by atoms with Gasteiger partial charge in [0.05, 0.1) is 0 Å². The molecule has 0 saturated heterocycles. The van der Waals surface area contributed by atoms with Crippen molar-refractivity contribution in [3.05, 3.63) is 0 Å². The molecular weight excluding hydrogens is 355 g/mol. The van der Waals surface area contributed by atoms with Gasteiger partial charge in [-0.2, -0.15) is 0 Å². The molecule has 0 radical (unpaired) electrons. The van der Waals surface area contributed by atoms with Crippen molar-refractivity contribution >= 4 is 38.5 Å². The second-order valence-electron chi connectivity index (χ2n) is 3.74. The molecular formula is C11H22BrIO. The lowest BCUT2D eigenvalue weighted by molar-refractivity contribution is 0.263. The molecule has 0 aromatic carbocycles. The van der Waals surface area contributed by atoms with Gasteiger partial charge in [0.25, 0.3) is 0 Å². The third-order valence-electron chi connectivity index (χ3n) is 2.33. The van der Waals surface area contributed by atoms with Crippen molar-refractivity contribution in [2.45, 2.75) is 61.9 Å². The summed E-state index contributed by atoms with van der Waals surface area (Å²) < 4.78 is -0.133. The van der Waals surface area contributed by atoms with E-state index in [-0.39, 0.29) is 4.11 Å². The molecule has 3 heteroatoms. The predicted molar refractivity (Wildman–Crippen MR) is 75.4 cm³/mol. The van der Waals surface area contributed by atoms with Crippen molar-refractivity contribution in [2.24, 2.45) is 0 Å². The van der Waals surface area contributed by atoms with Crippen LogP contribution < -0.4 is 0 Å². The van der Waals surface area contributed by atoms with Crippen molar-refractivity contribution in [3.8, 4) is 0 Å². The zero-order valence-electron chi connectivity index (χ0n) is 8.85. The zero-order valence-corrected chi connectivity index (χ0v) is 12.6. The van der Waals surface area contributed by atoms with E-state index < -0.39 is 0 Å². The molecule has 0 aliphatic rings. The summed E-state index contributed by atoms with van der Waals surface area (Å²) in [6.07, 6.45) is 11.6. The molecule has 0 aliphatic heterocycles. The van der Waals surface area contributed by atoms with E-state index in [0.717, 1.165) is 11.8 Å². The van der Waals surface area contributed by atoms with Crippen LogP contribution in [0.2, 0.25) is 0 Å². The van der Waals surface area contributed by atoms with Crippen molar-refractivity contribution in [1.29, 1.82) is 0 Å². The fraction of sp³-hybridized carbons (Fsp3) is 1.00. The van der Waals surface area contributed by atoms with Crippen LogP contribution in [0.25, 0.3) is 0 Å². The van der Waals surface area contributed by atoms with Crippen LogP contribution in [0.3, 0.4) is 0 Å². The average Bonchev–Trinajstić information content (AvgIpc) is 2.15. The lowest BCUT2D eigenvalue weighted by Crippen LogP contribution is -1.93. The summed E-state index contributed by atoms with van der Waals surface area (Å²) in [5.41, 5.74) is 0. The molecule has 0 amide bonds. The Labute approximate surface area is 110 Å². The van der Waals surface area contributed by atoms with Gasteiger partial charge in [-0.05, 0) is 12.8 Å². The summed E-state index contributed by atoms with van der Waals surface area (Å²) in [5.74, 6) is 0. The van der Waals surface area contributed by atoms with Gasteiger partial charge in [-0.15, -0.1) is 0 Å². The second kappa shape index (κ2) is 12.2. The van der Waals surface area contributed by atoms with Crippen molar-refractivity contribution in [1.82, 2.24) is 0 Å². The summed E-state index contributed by atoms with van der Waals surface area (Å²) in [6.45, 7) is 0. The Morgan fingerprint density at radius 2 is 1.29 bits per heavy atom. The highest BCUT2D eigenvalue weighted by molar-refractivity contribution is 14.1. The van der Waals surface area contributed by atoms with Gasteiger partial charge in [-0.1, -0.05) is 83.5 Å². The highest BCUT2D eigenvalue weighted by atomic mass is 127. The maximum Gasteiger partial charge on any atom is 0.105 e. The first-order chi connectivity index (χ1) is 6.77. The molecule has 0 aromatic rings. The number of halogens is 2. The van der Waals surface area contributed by atoms with Gasteiger partial charge in [0.2, 0.25) is 0 Å². The molecule has 0 saturated carbocycles. The van der Waals surface area contributed by atoms with E-state index >= 15 is 0 Å². The first-order valence-corrected chi connectivity index (χ1v) is 8.02. The molecule has 0 spiro atoms. The quantitative estimate of drug-likeness (QED) is 0.334. The standard InChI is InChI=1S/C11H22BrIO/c12-10-8-6-4-2-1-3-5-7-9-11(13)14/h11,14H,1-10H2. The van der Waals surface area contributed by atoms with Crippen LogP contribution in [0.4, 0.5) is 0 Å². The fourth-order valence-electron chi connectivity index (χ4n) is 1.47. The van der Waals surface area contributed by atoms with Gasteiger partial charge in [0.1, 0.15) is 4.11 Å². The van der Waals surface area contributed by atoms with Crippen LogP contribution in [-0.4, -0.2) is 14.5 Å². The van der Waals surface area contributed by atoms with Gasteiger partial charge in [-0.25, -0.2) is 0 Å². The lowest BCUT2D eigenvalue weighted by Gasteiger charge is -2.02. The maximum atomic E-state index is 9.03. The number of unbranched alkanes of at least 4 members (excludes halogenated alkanes) is 7. The average molecular weight is 377 g/mol. The van der Waals surface area contributed by atoms with Gasteiger partial charge in [-0.3, -0.25) is 0 Å². The highest BCUT2D eigenvalue weighted by Gasteiger charge is 1.96. The minimum absolute atomic E-state index is 0.133. The Bertz CT molecular complexity index is 109. The Morgan fingerprint density at radius 3 is 1.71 bits per heavy atom. The first-order valence-electron chi connectivity index (χ1n) is 5.65. The molecule has 1 atom stereocenters. The van der Waals surface area contributed by atoms with E-state index in [1.54, 1.807) is 0 Å². The van der Waals surface area contributed by atoms with E-state index in [2.05, 4.69) is 38.5 Å². The Balaban J connectivity index is 2.85. The number of hydrogen-bond donors (Lipinski definition) is 1. The largest absolute Gasteiger partial charge is 0.383 e. The van der Waals surface area contributed by atoms with Gasteiger partial charge in [0, 0.05) is 5.33 Å². The van der Waals surface area contributed by atoms with E-state index in [4.69, 9.17) is 5.11 Å². The zero-order chi connectivity index (χ0) is 10.6. The highest BCUT2D eigenvalue weighted by Crippen LogP contribution is 2.12. The molecule has 1 unspecified atom stereocenters. The van der Waals surface area contributed by atoms with E-state index in [1.165, 1.54) is 51.4 Å². The van der Waals surface area contributed by atoms with E-state index in [0.29, 0.717) is 0 Å². The van der Waals surface area contributed by atoms with Crippen molar-refractivity contribution in [3.63, 3.8) is 0 Å². The normalized spacial score (nSPS) is 13.1. The summed E-state index contributed by atoms with van der Waals surface area (Å²) in [7, 11) is 0. The Kier molecular flexibility index (Phi) is 13.3. The van der Waals surface area contributed by atoms with Crippen molar-refractivity contribution < 1.29 is 5.11 Å². The molecule has 0 rings (SSSR count). The van der Waals surface area contributed by atoms with Crippen LogP contribution in [0.5, 0.6) is 0 Å². The van der Waals surface area contributed by atoms with Crippen LogP contribution in [0.1, 0.15) is 57.8 Å². The monoisotopic (exact) mass is 376 g/mol. The predicted octanol–water partition coefficient (Wildman–Crippen LogP) is 4.65.